The van der Waals surface area contributed by atoms with E-state index < -0.39 is 11.6 Å². The van der Waals surface area contributed by atoms with Crippen molar-refractivity contribution in [2.45, 2.75) is 26.2 Å². The largest absolute Gasteiger partial charge is 0.365 e. The highest BCUT2D eigenvalue weighted by Gasteiger charge is 2.24. The summed E-state index contributed by atoms with van der Waals surface area (Å²) in [4.78, 5) is 31.6. The Balaban J connectivity index is 1.55. The molecule has 0 saturated carbocycles. The first kappa shape index (κ1) is 19.1. The highest BCUT2D eigenvalue weighted by atomic mass is 19.1. The lowest BCUT2D eigenvalue weighted by molar-refractivity contribution is -0.131. The van der Waals surface area contributed by atoms with Gasteiger partial charge in [-0.3, -0.25) is 9.59 Å². The van der Waals surface area contributed by atoms with Gasteiger partial charge in [0.2, 0.25) is 5.91 Å². The van der Waals surface area contributed by atoms with E-state index in [2.05, 4.69) is 4.98 Å². The number of amides is 2. The van der Waals surface area contributed by atoms with Crippen LogP contribution in [0.2, 0.25) is 0 Å². The van der Waals surface area contributed by atoms with E-state index in [-0.39, 0.29) is 24.7 Å². The van der Waals surface area contributed by atoms with Crippen LogP contribution in [0.15, 0.2) is 30.5 Å². The van der Waals surface area contributed by atoms with Gasteiger partial charge in [-0.1, -0.05) is 6.07 Å². The standard InChI is InChI=1S/C20H23F2N3O2/c1-14-17(7-8-23-14)20(27)25-10-2-9-24(11-12-25)19(26)6-4-15-3-5-16(21)13-18(15)22/h3,5,7-8,13,23H,2,4,6,9-12H2,1H3. The number of nitrogens with one attached hydrogen (secondary N) is 1. The molecular formula is C20H23F2N3O2. The van der Waals surface area contributed by atoms with E-state index in [0.717, 1.165) is 11.8 Å². The highest BCUT2D eigenvalue weighted by Crippen LogP contribution is 2.15. The van der Waals surface area contributed by atoms with E-state index in [4.69, 9.17) is 0 Å². The molecule has 1 N–H and O–H groups in total. The van der Waals surface area contributed by atoms with Crippen molar-refractivity contribution in [2.75, 3.05) is 26.2 Å². The lowest BCUT2D eigenvalue weighted by Gasteiger charge is -2.22. The van der Waals surface area contributed by atoms with Crippen molar-refractivity contribution in [3.8, 4) is 0 Å². The van der Waals surface area contributed by atoms with Crippen LogP contribution in [0.3, 0.4) is 0 Å². The molecule has 5 nitrogen and oxygen atoms in total. The molecule has 1 aliphatic rings. The summed E-state index contributed by atoms with van der Waals surface area (Å²) in [7, 11) is 0. The van der Waals surface area contributed by atoms with E-state index >= 15 is 0 Å². The molecule has 0 radical (unpaired) electrons. The minimum absolute atomic E-state index is 0.0311. The third-order valence-corrected chi connectivity index (χ3v) is 4.94. The van der Waals surface area contributed by atoms with Gasteiger partial charge < -0.3 is 14.8 Å². The minimum atomic E-state index is -0.627. The number of H-pyrrole nitrogens is 1. The van der Waals surface area contributed by atoms with Crippen molar-refractivity contribution in [3.05, 3.63) is 58.9 Å². The van der Waals surface area contributed by atoms with Gasteiger partial charge in [-0.15, -0.1) is 0 Å². The number of aromatic amines is 1. The number of hydrogen-bond acceptors (Lipinski definition) is 2. The summed E-state index contributed by atoms with van der Waals surface area (Å²) in [5, 5.41) is 0. The Labute approximate surface area is 157 Å². The maximum Gasteiger partial charge on any atom is 0.255 e. The second kappa shape index (κ2) is 8.33. The third kappa shape index (κ3) is 4.53. The molecule has 3 rings (SSSR count). The zero-order valence-corrected chi connectivity index (χ0v) is 15.3. The first-order valence-electron chi connectivity index (χ1n) is 9.10. The number of rotatable bonds is 4. The van der Waals surface area contributed by atoms with Crippen LogP contribution in [0.25, 0.3) is 0 Å². The molecule has 0 bridgehead atoms. The maximum absolute atomic E-state index is 13.7. The number of aromatic nitrogens is 1. The van der Waals surface area contributed by atoms with Crippen LogP contribution in [0.4, 0.5) is 8.78 Å². The predicted molar refractivity (Wildman–Crippen MR) is 97.3 cm³/mol. The van der Waals surface area contributed by atoms with Gasteiger partial charge in [0.25, 0.3) is 5.91 Å². The Morgan fingerprint density at radius 3 is 2.52 bits per heavy atom. The van der Waals surface area contributed by atoms with Crippen molar-refractivity contribution in [1.29, 1.82) is 0 Å². The third-order valence-electron chi connectivity index (χ3n) is 4.94. The lowest BCUT2D eigenvalue weighted by Crippen LogP contribution is -2.37. The summed E-state index contributed by atoms with van der Waals surface area (Å²) >= 11 is 0. The molecule has 144 valence electrons. The molecule has 0 spiro atoms. The van der Waals surface area contributed by atoms with Crippen molar-refractivity contribution < 1.29 is 18.4 Å². The number of aryl methyl sites for hydroxylation is 2. The van der Waals surface area contributed by atoms with Crippen LogP contribution in [-0.4, -0.2) is 52.8 Å². The van der Waals surface area contributed by atoms with Gasteiger partial charge in [-0.25, -0.2) is 8.78 Å². The van der Waals surface area contributed by atoms with Crippen LogP contribution in [0, 0.1) is 18.6 Å². The number of carbonyl (C=O) groups is 2. The molecule has 1 saturated heterocycles. The lowest BCUT2D eigenvalue weighted by atomic mass is 10.1. The highest BCUT2D eigenvalue weighted by molar-refractivity contribution is 5.95. The second-order valence-corrected chi connectivity index (χ2v) is 6.78. The average Bonchev–Trinajstić information content (AvgIpc) is 2.91. The summed E-state index contributed by atoms with van der Waals surface area (Å²) in [5.74, 6) is -1.36. The Morgan fingerprint density at radius 2 is 1.81 bits per heavy atom. The molecule has 1 aromatic carbocycles. The zero-order chi connectivity index (χ0) is 19.4. The van der Waals surface area contributed by atoms with Crippen LogP contribution < -0.4 is 0 Å². The second-order valence-electron chi connectivity index (χ2n) is 6.78. The van der Waals surface area contributed by atoms with E-state index in [1.165, 1.54) is 12.1 Å². The number of nitrogens with zero attached hydrogens (tertiary/aromatic N) is 2. The molecule has 27 heavy (non-hydrogen) atoms. The number of halogens is 2. The minimum Gasteiger partial charge on any atom is -0.365 e. The maximum atomic E-state index is 13.7. The molecule has 2 aromatic rings. The van der Waals surface area contributed by atoms with Crippen molar-refractivity contribution >= 4 is 11.8 Å². The Hall–Kier alpha value is -2.70. The Bertz CT molecular complexity index is 834. The van der Waals surface area contributed by atoms with Gasteiger partial charge in [-0.05, 0) is 37.5 Å². The zero-order valence-electron chi connectivity index (χ0n) is 15.3. The molecule has 0 aliphatic carbocycles. The fourth-order valence-corrected chi connectivity index (χ4v) is 3.35. The van der Waals surface area contributed by atoms with Crippen molar-refractivity contribution in [2.24, 2.45) is 0 Å². The van der Waals surface area contributed by atoms with Crippen LogP contribution in [0.5, 0.6) is 0 Å². The number of carbonyl (C=O) groups excluding carboxylic acids is 2. The molecule has 1 aromatic heterocycles. The van der Waals surface area contributed by atoms with Crippen LogP contribution in [-0.2, 0) is 11.2 Å². The van der Waals surface area contributed by atoms with E-state index in [9.17, 15) is 18.4 Å². The summed E-state index contributed by atoms with van der Waals surface area (Å²) in [6.45, 7) is 3.95. The van der Waals surface area contributed by atoms with E-state index in [1.54, 1.807) is 22.1 Å². The van der Waals surface area contributed by atoms with Gasteiger partial charge in [0.15, 0.2) is 0 Å². The number of hydrogen-bond donors (Lipinski definition) is 1. The average molecular weight is 375 g/mol. The molecule has 2 amide bonds. The number of benzene rings is 1. The van der Waals surface area contributed by atoms with Gasteiger partial charge in [-0.2, -0.15) is 0 Å². The van der Waals surface area contributed by atoms with Gasteiger partial charge in [0, 0.05) is 50.6 Å². The topological polar surface area (TPSA) is 56.4 Å². The van der Waals surface area contributed by atoms with Crippen LogP contribution >= 0.6 is 0 Å². The summed E-state index contributed by atoms with van der Waals surface area (Å²) in [6.07, 6.45) is 2.83. The summed E-state index contributed by atoms with van der Waals surface area (Å²) in [6, 6.07) is 5.17. The monoisotopic (exact) mass is 375 g/mol. The molecule has 2 heterocycles. The summed E-state index contributed by atoms with van der Waals surface area (Å²) in [5.41, 5.74) is 1.82. The predicted octanol–water partition coefficient (Wildman–Crippen LogP) is 2.91. The molecule has 1 fully saturated rings. The Kier molecular flexibility index (Phi) is 5.88. The van der Waals surface area contributed by atoms with Gasteiger partial charge in [0.1, 0.15) is 11.6 Å². The quantitative estimate of drug-likeness (QED) is 0.893. The first-order valence-corrected chi connectivity index (χ1v) is 9.10. The summed E-state index contributed by atoms with van der Waals surface area (Å²) < 4.78 is 26.7. The van der Waals surface area contributed by atoms with Gasteiger partial charge >= 0.3 is 0 Å². The normalized spacial score (nSPS) is 14.9. The fourth-order valence-electron chi connectivity index (χ4n) is 3.35. The Morgan fingerprint density at radius 1 is 1.07 bits per heavy atom. The molecule has 1 aliphatic heterocycles. The van der Waals surface area contributed by atoms with E-state index in [0.29, 0.717) is 43.7 Å². The first-order chi connectivity index (χ1) is 13.0. The molecule has 7 heteroatoms. The van der Waals surface area contributed by atoms with Crippen molar-refractivity contribution in [3.63, 3.8) is 0 Å². The fraction of sp³-hybridized carbons (Fsp3) is 0.400. The van der Waals surface area contributed by atoms with Crippen molar-refractivity contribution in [1.82, 2.24) is 14.8 Å². The molecule has 0 unspecified atom stereocenters. The SMILES string of the molecule is Cc1[nH]ccc1C(=O)N1CCCN(C(=O)CCc2ccc(F)cc2F)CC1. The van der Waals surface area contributed by atoms with Crippen LogP contribution in [0.1, 0.15) is 34.5 Å². The molecular weight excluding hydrogens is 352 g/mol. The molecule has 0 atom stereocenters. The van der Waals surface area contributed by atoms with E-state index in [1.807, 2.05) is 6.92 Å². The smallest absolute Gasteiger partial charge is 0.255 e. The van der Waals surface area contributed by atoms with Gasteiger partial charge in [0.05, 0.1) is 5.56 Å².